The second kappa shape index (κ2) is 17.9. The molecule has 2 aliphatic carbocycles. The largest absolute Gasteiger partial charge is 0.497 e. The third kappa shape index (κ3) is 10.2. The summed E-state index contributed by atoms with van der Waals surface area (Å²) in [4.78, 5) is 52.2. The number of aliphatic carboxylic acids is 1. The average molecular weight is 770 g/mol. The number of hydrogen-bond donors (Lipinski definition) is 2. The van der Waals surface area contributed by atoms with E-state index in [-0.39, 0.29) is 29.2 Å². The molecule has 2 aromatic carbocycles. The molecule has 0 bridgehead atoms. The van der Waals surface area contributed by atoms with Gasteiger partial charge in [-0.15, -0.1) is 0 Å². The Hall–Kier alpha value is -5.59. The fourth-order valence-electron chi connectivity index (χ4n) is 7.83. The number of rotatable bonds is 13. The van der Waals surface area contributed by atoms with Crippen LogP contribution in [0.4, 0.5) is 18.9 Å². The summed E-state index contributed by atoms with van der Waals surface area (Å²) in [7, 11) is 1.25. The van der Waals surface area contributed by atoms with Crippen LogP contribution in [0.5, 0.6) is 5.75 Å². The Balaban J connectivity index is 1.04. The van der Waals surface area contributed by atoms with Gasteiger partial charge in [0.25, 0.3) is 5.91 Å². The third-order valence-electron chi connectivity index (χ3n) is 11.0. The number of nitrogens with zero attached hydrogens (tertiary/aromatic N) is 4. The summed E-state index contributed by atoms with van der Waals surface area (Å²) in [6, 6.07) is 13.2. The molecule has 1 fully saturated rings. The maximum atomic E-state index is 13.6. The lowest BCUT2D eigenvalue weighted by atomic mass is 9.71. The summed E-state index contributed by atoms with van der Waals surface area (Å²) in [6.45, 7) is 1.69. The number of nitrogens with one attached hydrogen (secondary N) is 1. The van der Waals surface area contributed by atoms with Gasteiger partial charge in [-0.25, -0.2) is 15.0 Å². The number of methoxy groups -OCH3 is 1. The van der Waals surface area contributed by atoms with E-state index >= 15 is 0 Å². The van der Waals surface area contributed by atoms with Crippen LogP contribution in [0.1, 0.15) is 91.0 Å². The molecule has 13 heteroatoms. The number of allylic oxidation sites excluding steroid dienone is 2. The summed E-state index contributed by atoms with van der Waals surface area (Å²) in [5.74, 6) is 0.492. The van der Waals surface area contributed by atoms with Gasteiger partial charge in [0.15, 0.2) is 5.82 Å². The maximum Gasteiger partial charge on any atom is 0.416 e. The van der Waals surface area contributed by atoms with Crippen LogP contribution in [0, 0.1) is 17.8 Å². The van der Waals surface area contributed by atoms with Gasteiger partial charge >= 0.3 is 12.1 Å². The molecule has 1 unspecified atom stereocenters. The van der Waals surface area contributed by atoms with Crippen molar-refractivity contribution in [2.45, 2.75) is 77.4 Å². The molecule has 6 rings (SSSR count). The van der Waals surface area contributed by atoms with Crippen molar-refractivity contribution in [1.29, 1.82) is 0 Å². The number of carbonyl (C=O) groups excluding carboxylic acids is 2. The third-order valence-corrected chi connectivity index (χ3v) is 11.0. The van der Waals surface area contributed by atoms with Crippen LogP contribution >= 0.6 is 0 Å². The number of halogens is 3. The molecular weight excluding hydrogens is 723 g/mol. The Morgan fingerprint density at radius 3 is 2.21 bits per heavy atom. The number of pyridine rings is 1. The Morgan fingerprint density at radius 2 is 1.62 bits per heavy atom. The minimum atomic E-state index is -4.69. The van der Waals surface area contributed by atoms with E-state index in [9.17, 15) is 32.7 Å². The van der Waals surface area contributed by atoms with Crippen LogP contribution in [0.25, 0.3) is 17.0 Å². The summed E-state index contributed by atoms with van der Waals surface area (Å²) in [6.07, 6.45) is 12.2. The number of carboxylic acids is 1. The van der Waals surface area contributed by atoms with E-state index in [0.717, 1.165) is 52.7 Å². The van der Waals surface area contributed by atoms with Crippen molar-refractivity contribution >= 4 is 29.0 Å². The number of carbonyl (C=O) groups is 3. The monoisotopic (exact) mass is 769 g/mol. The predicted molar refractivity (Wildman–Crippen MR) is 205 cm³/mol. The molecule has 2 aromatic heterocycles. The second-order valence-corrected chi connectivity index (χ2v) is 14.7. The van der Waals surface area contributed by atoms with E-state index in [1.165, 1.54) is 81.7 Å². The van der Waals surface area contributed by atoms with Crippen molar-refractivity contribution in [2.75, 3.05) is 19.0 Å². The SMILES string of the molecule is CCC1CCC(C2CC=C(c3cnc(-c4ccc(CN(CC(=O)O)C(=O)c5ccc(NC(=O)Cc6ccc(OC)cc6C(F)(F)F)cn5)cc4)nc3)CC2)CC1. The highest BCUT2D eigenvalue weighted by atomic mass is 19.4. The fourth-order valence-corrected chi connectivity index (χ4v) is 7.83. The van der Waals surface area contributed by atoms with Crippen molar-refractivity contribution < 1.29 is 37.4 Å². The standard InChI is InChI=1S/C43H46F3N5O5/c1-3-27-4-8-29(9-5-27)30-12-14-31(15-13-30)34-22-48-41(49-23-34)32-10-6-28(7-11-32)25-51(26-40(53)54)42(55)38-19-17-35(24-47-38)50-39(52)20-33-16-18-36(56-2)21-37(33)43(44,45)46/h6-7,10-11,14,16-19,21-24,27,29-30H,3-5,8-9,12-13,15,20,25-26H2,1-2H3,(H,50,52)(H,53,54). The van der Waals surface area contributed by atoms with Gasteiger partial charge in [-0.1, -0.05) is 62.6 Å². The van der Waals surface area contributed by atoms with Crippen LogP contribution in [0.2, 0.25) is 0 Å². The number of benzene rings is 2. The van der Waals surface area contributed by atoms with Crippen LogP contribution in [-0.2, 0) is 28.7 Å². The summed E-state index contributed by atoms with van der Waals surface area (Å²) >= 11 is 0. The molecule has 0 saturated heterocycles. The van der Waals surface area contributed by atoms with Gasteiger partial charge in [0, 0.05) is 30.1 Å². The number of aromatic nitrogens is 3. The fraction of sp³-hybridized carbons (Fsp3) is 0.395. The van der Waals surface area contributed by atoms with Crippen LogP contribution in [0.3, 0.4) is 0 Å². The van der Waals surface area contributed by atoms with Gasteiger partial charge in [-0.05, 0) is 90.8 Å². The van der Waals surface area contributed by atoms with E-state index in [2.05, 4.69) is 33.3 Å². The Bertz CT molecular complexity index is 2030. The van der Waals surface area contributed by atoms with Crippen molar-refractivity contribution in [3.8, 4) is 17.1 Å². The molecule has 10 nitrogen and oxygen atoms in total. The maximum absolute atomic E-state index is 13.6. The molecule has 0 radical (unpaired) electrons. The first-order chi connectivity index (χ1) is 26.9. The van der Waals surface area contributed by atoms with E-state index in [1.54, 1.807) is 12.1 Å². The molecule has 2 N–H and O–H groups in total. The van der Waals surface area contributed by atoms with Crippen LogP contribution in [0.15, 0.2) is 79.3 Å². The summed E-state index contributed by atoms with van der Waals surface area (Å²) in [5.41, 5.74) is 2.64. The number of carboxylic acid groups (broad SMARTS) is 1. The van der Waals surface area contributed by atoms with E-state index in [0.29, 0.717) is 11.4 Å². The lowest BCUT2D eigenvalue weighted by Crippen LogP contribution is -2.35. The van der Waals surface area contributed by atoms with E-state index in [4.69, 9.17) is 4.74 Å². The zero-order valence-corrected chi connectivity index (χ0v) is 31.5. The first-order valence-corrected chi connectivity index (χ1v) is 19.0. The van der Waals surface area contributed by atoms with Gasteiger partial charge in [0.1, 0.15) is 18.0 Å². The number of hydrogen-bond acceptors (Lipinski definition) is 7. The molecule has 56 heavy (non-hydrogen) atoms. The highest BCUT2D eigenvalue weighted by Gasteiger charge is 2.34. The number of amides is 2. The molecular formula is C43H46F3N5O5. The lowest BCUT2D eigenvalue weighted by molar-refractivity contribution is -0.139. The van der Waals surface area contributed by atoms with Crippen molar-refractivity contribution in [3.05, 3.63) is 107 Å². The quantitative estimate of drug-likeness (QED) is 0.138. The van der Waals surface area contributed by atoms with Gasteiger partial charge in [0.2, 0.25) is 5.91 Å². The Labute approximate surface area is 324 Å². The number of anilines is 1. The van der Waals surface area contributed by atoms with Gasteiger partial charge in [-0.2, -0.15) is 13.2 Å². The summed E-state index contributed by atoms with van der Waals surface area (Å²) < 4.78 is 45.6. The second-order valence-electron chi connectivity index (χ2n) is 14.7. The molecule has 294 valence electrons. The van der Waals surface area contributed by atoms with Crippen molar-refractivity contribution in [2.24, 2.45) is 17.8 Å². The molecule has 1 saturated carbocycles. The zero-order valence-electron chi connectivity index (χ0n) is 31.5. The van der Waals surface area contributed by atoms with Crippen LogP contribution < -0.4 is 10.1 Å². The number of ether oxygens (including phenoxy) is 1. The molecule has 2 aliphatic rings. The lowest BCUT2D eigenvalue weighted by Gasteiger charge is -2.35. The minimum absolute atomic E-state index is 0.00911. The normalized spacial score (nSPS) is 18.4. The topological polar surface area (TPSA) is 135 Å². The molecule has 2 amide bonds. The highest BCUT2D eigenvalue weighted by Crippen LogP contribution is 2.42. The number of alkyl halides is 3. The van der Waals surface area contributed by atoms with Gasteiger partial charge < -0.3 is 20.1 Å². The first-order valence-electron chi connectivity index (χ1n) is 19.0. The summed E-state index contributed by atoms with van der Waals surface area (Å²) in [5, 5.41) is 12.0. The Morgan fingerprint density at radius 1 is 0.893 bits per heavy atom. The smallest absolute Gasteiger partial charge is 0.416 e. The highest BCUT2D eigenvalue weighted by molar-refractivity contribution is 5.95. The zero-order chi connectivity index (χ0) is 39.8. The Kier molecular flexibility index (Phi) is 12.8. The average Bonchev–Trinajstić information content (AvgIpc) is 3.20. The molecule has 1 atom stereocenters. The minimum Gasteiger partial charge on any atom is -0.497 e. The van der Waals surface area contributed by atoms with Crippen molar-refractivity contribution in [3.63, 3.8) is 0 Å². The van der Waals surface area contributed by atoms with E-state index in [1.807, 2.05) is 24.5 Å². The van der Waals surface area contributed by atoms with Gasteiger partial charge in [-0.3, -0.25) is 14.4 Å². The predicted octanol–water partition coefficient (Wildman–Crippen LogP) is 8.87. The molecule has 0 spiro atoms. The van der Waals surface area contributed by atoms with Gasteiger partial charge in [0.05, 0.1) is 31.0 Å². The molecule has 0 aliphatic heterocycles. The first kappa shape index (κ1) is 40.1. The van der Waals surface area contributed by atoms with E-state index < -0.39 is 42.5 Å². The molecule has 2 heterocycles. The molecule has 4 aromatic rings. The van der Waals surface area contributed by atoms with Crippen molar-refractivity contribution in [1.82, 2.24) is 19.9 Å². The van der Waals surface area contributed by atoms with Crippen LogP contribution in [-0.4, -0.2) is 56.4 Å².